The van der Waals surface area contributed by atoms with Crippen molar-refractivity contribution in [3.8, 4) is 6.07 Å². The predicted molar refractivity (Wildman–Crippen MR) is 81.9 cm³/mol. The van der Waals surface area contributed by atoms with E-state index >= 15 is 0 Å². The first kappa shape index (κ1) is 14.7. The van der Waals surface area contributed by atoms with Crippen LogP contribution in [-0.2, 0) is 13.6 Å². The summed E-state index contributed by atoms with van der Waals surface area (Å²) in [5, 5.41) is 12.2. The van der Waals surface area contributed by atoms with Crippen LogP contribution in [0.2, 0.25) is 0 Å². The van der Waals surface area contributed by atoms with E-state index in [1.54, 1.807) is 35.7 Å². The standard InChI is InChI=1S/C16H18N4O/c1-19(2)16(21)13-4-6-14(7-5-13)18-10-12-8-15(9-17)20(3)11-12/h4-8,11,18H,10H2,1-3H3. The minimum absolute atomic E-state index is 0.0109. The van der Waals surface area contributed by atoms with Gasteiger partial charge in [-0.05, 0) is 35.9 Å². The minimum Gasteiger partial charge on any atom is -0.381 e. The number of hydrogen-bond donors (Lipinski definition) is 1. The summed E-state index contributed by atoms with van der Waals surface area (Å²) >= 11 is 0. The second-order valence-electron chi connectivity index (χ2n) is 5.09. The van der Waals surface area contributed by atoms with Crippen LogP contribution in [0.25, 0.3) is 0 Å². The third-order valence-corrected chi connectivity index (χ3v) is 3.21. The van der Waals surface area contributed by atoms with Gasteiger partial charge in [0.15, 0.2) is 0 Å². The lowest BCUT2D eigenvalue weighted by Gasteiger charge is -2.11. The highest BCUT2D eigenvalue weighted by atomic mass is 16.2. The maximum Gasteiger partial charge on any atom is 0.253 e. The maximum atomic E-state index is 11.8. The molecule has 0 fully saturated rings. The van der Waals surface area contributed by atoms with Crippen molar-refractivity contribution in [1.29, 1.82) is 5.26 Å². The molecule has 1 aromatic carbocycles. The van der Waals surface area contributed by atoms with Gasteiger partial charge >= 0.3 is 0 Å². The van der Waals surface area contributed by atoms with E-state index in [1.807, 2.05) is 31.4 Å². The quantitative estimate of drug-likeness (QED) is 0.935. The molecule has 108 valence electrons. The second kappa shape index (κ2) is 6.14. The van der Waals surface area contributed by atoms with E-state index in [9.17, 15) is 4.79 Å². The average molecular weight is 282 g/mol. The van der Waals surface area contributed by atoms with Gasteiger partial charge in [-0.2, -0.15) is 5.26 Å². The Morgan fingerprint density at radius 1 is 1.33 bits per heavy atom. The number of benzene rings is 1. The largest absolute Gasteiger partial charge is 0.381 e. The molecular formula is C16H18N4O. The molecule has 0 saturated heterocycles. The third-order valence-electron chi connectivity index (χ3n) is 3.21. The number of nitrogens with one attached hydrogen (secondary N) is 1. The number of nitrogens with zero attached hydrogens (tertiary/aromatic N) is 3. The number of anilines is 1. The summed E-state index contributed by atoms with van der Waals surface area (Å²) in [5.74, 6) is -0.0109. The summed E-state index contributed by atoms with van der Waals surface area (Å²) in [6.07, 6.45) is 1.93. The van der Waals surface area contributed by atoms with Crippen LogP contribution in [0.1, 0.15) is 21.6 Å². The van der Waals surface area contributed by atoms with Gasteiger partial charge in [0.1, 0.15) is 11.8 Å². The number of carbonyl (C=O) groups excluding carboxylic acids is 1. The highest BCUT2D eigenvalue weighted by Crippen LogP contribution is 2.13. The van der Waals surface area contributed by atoms with E-state index in [0.29, 0.717) is 17.8 Å². The number of aromatic nitrogens is 1. The van der Waals surface area contributed by atoms with E-state index < -0.39 is 0 Å². The van der Waals surface area contributed by atoms with Gasteiger partial charge in [0.25, 0.3) is 5.91 Å². The molecule has 0 aliphatic rings. The first-order valence-corrected chi connectivity index (χ1v) is 6.62. The first-order chi connectivity index (χ1) is 10.0. The monoisotopic (exact) mass is 282 g/mol. The highest BCUT2D eigenvalue weighted by Gasteiger charge is 2.07. The van der Waals surface area contributed by atoms with E-state index in [2.05, 4.69) is 11.4 Å². The summed E-state index contributed by atoms with van der Waals surface area (Å²) in [7, 11) is 5.32. The van der Waals surface area contributed by atoms with E-state index in [4.69, 9.17) is 5.26 Å². The Hall–Kier alpha value is -2.74. The molecule has 0 aliphatic carbocycles. The molecule has 0 aliphatic heterocycles. The number of carbonyl (C=O) groups is 1. The zero-order chi connectivity index (χ0) is 15.4. The van der Waals surface area contributed by atoms with Crippen LogP contribution < -0.4 is 5.32 Å². The molecule has 1 amide bonds. The Morgan fingerprint density at radius 3 is 2.52 bits per heavy atom. The predicted octanol–water partition coefficient (Wildman–Crippen LogP) is 2.21. The van der Waals surface area contributed by atoms with Crippen LogP contribution in [0, 0.1) is 11.3 Å². The molecule has 2 rings (SSSR count). The second-order valence-corrected chi connectivity index (χ2v) is 5.09. The molecule has 1 N–H and O–H groups in total. The topological polar surface area (TPSA) is 61.1 Å². The zero-order valence-corrected chi connectivity index (χ0v) is 12.4. The van der Waals surface area contributed by atoms with Gasteiger partial charge in [0, 0.05) is 45.1 Å². The fourth-order valence-electron chi connectivity index (χ4n) is 2.03. The Balaban J connectivity index is 2.00. The highest BCUT2D eigenvalue weighted by molar-refractivity contribution is 5.94. The van der Waals surface area contributed by atoms with Crippen molar-refractivity contribution in [2.24, 2.45) is 7.05 Å². The Bertz CT molecular complexity index is 677. The molecule has 5 nitrogen and oxygen atoms in total. The summed E-state index contributed by atoms with van der Waals surface area (Å²) < 4.78 is 1.80. The van der Waals surface area contributed by atoms with Gasteiger partial charge in [-0.1, -0.05) is 0 Å². The number of nitriles is 1. The molecule has 0 spiro atoms. The van der Waals surface area contributed by atoms with Crippen LogP contribution in [0.4, 0.5) is 5.69 Å². The van der Waals surface area contributed by atoms with Gasteiger partial charge in [0.2, 0.25) is 0 Å². The lowest BCUT2D eigenvalue weighted by molar-refractivity contribution is 0.0827. The molecule has 1 aromatic heterocycles. The van der Waals surface area contributed by atoms with Gasteiger partial charge in [0.05, 0.1) is 0 Å². The van der Waals surface area contributed by atoms with E-state index in [-0.39, 0.29) is 5.91 Å². The van der Waals surface area contributed by atoms with Crippen molar-refractivity contribution in [3.63, 3.8) is 0 Å². The van der Waals surface area contributed by atoms with Crippen molar-refractivity contribution >= 4 is 11.6 Å². The fourth-order valence-corrected chi connectivity index (χ4v) is 2.03. The van der Waals surface area contributed by atoms with E-state index in [1.165, 1.54) is 0 Å². The normalized spacial score (nSPS) is 10.0. The fraction of sp³-hybridized carbons (Fsp3) is 0.250. The molecule has 0 bridgehead atoms. The smallest absolute Gasteiger partial charge is 0.253 e. The lowest BCUT2D eigenvalue weighted by atomic mass is 10.2. The van der Waals surface area contributed by atoms with Gasteiger partial charge < -0.3 is 14.8 Å². The van der Waals surface area contributed by atoms with Crippen LogP contribution >= 0.6 is 0 Å². The molecule has 0 radical (unpaired) electrons. The lowest BCUT2D eigenvalue weighted by Crippen LogP contribution is -2.21. The molecule has 2 aromatic rings. The van der Waals surface area contributed by atoms with Crippen LogP contribution in [-0.4, -0.2) is 29.5 Å². The SMILES string of the molecule is CN(C)C(=O)c1ccc(NCc2cc(C#N)n(C)c2)cc1. The number of amides is 1. The summed E-state index contributed by atoms with van der Waals surface area (Å²) in [6, 6.07) is 11.4. The van der Waals surface area contributed by atoms with Gasteiger partial charge in [-0.15, -0.1) is 0 Å². The molecule has 0 atom stereocenters. The molecule has 21 heavy (non-hydrogen) atoms. The molecule has 0 saturated carbocycles. The first-order valence-electron chi connectivity index (χ1n) is 6.62. The summed E-state index contributed by atoms with van der Waals surface area (Å²) in [6.45, 7) is 0.635. The van der Waals surface area contributed by atoms with Gasteiger partial charge in [-0.3, -0.25) is 4.79 Å². The summed E-state index contributed by atoms with van der Waals surface area (Å²) in [5.41, 5.74) is 3.28. The number of rotatable bonds is 4. The number of hydrogen-bond acceptors (Lipinski definition) is 3. The Morgan fingerprint density at radius 2 is 2.00 bits per heavy atom. The molecule has 1 heterocycles. The van der Waals surface area contributed by atoms with Crippen molar-refractivity contribution in [2.75, 3.05) is 19.4 Å². The zero-order valence-electron chi connectivity index (χ0n) is 12.4. The Kier molecular flexibility index (Phi) is 4.29. The average Bonchev–Trinajstić information content (AvgIpc) is 2.85. The van der Waals surface area contributed by atoms with Crippen LogP contribution in [0.3, 0.4) is 0 Å². The van der Waals surface area contributed by atoms with Gasteiger partial charge in [-0.25, -0.2) is 0 Å². The van der Waals surface area contributed by atoms with Crippen LogP contribution in [0.5, 0.6) is 0 Å². The Labute approximate surface area is 124 Å². The van der Waals surface area contributed by atoms with Crippen molar-refractivity contribution in [3.05, 3.63) is 53.3 Å². The maximum absolute atomic E-state index is 11.8. The summed E-state index contributed by atoms with van der Waals surface area (Å²) in [4.78, 5) is 13.3. The van der Waals surface area contributed by atoms with Crippen LogP contribution in [0.15, 0.2) is 36.5 Å². The molecule has 5 heteroatoms. The van der Waals surface area contributed by atoms with Crippen molar-refractivity contribution in [1.82, 2.24) is 9.47 Å². The molecular weight excluding hydrogens is 264 g/mol. The minimum atomic E-state index is -0.0109. The third kappa shape index (κ3) is 3.42. The number of aryl methyl sites for hydroxylation is 1. The van der Waals surface area contributed by atoms with E-state index in [0.717, 1.165) is 11.3 Å². The molecule has 0 unspecified atom stereocenters. The van der Waals surface area contributed by atoms with Crippen molar-refractivity contribution in [2.45, 2.75) is 6.54 Å². The van der Waals surface area contributed by atoms with Crippen molar-refractivity contribution < 1.29 is 4.79 Å².